The van der Waals surface area contributed by atoms with E-state index in [9.17, 15) is 9.18 Å². The molecular formula is C16H22BFN2O3S. The van der Waals surface area contributed by atoms with E-state index in [4.69, 9.17) is 15.0 Å². The van der Waals surface area contributed by atoms with Crippen LogP contribution in [0.15, 0.2) is 17.7 Å². The van der Waals surface area contributed by atoms with Crippen LogP contribution in [0.5, 0.6) is 0 Å². The zero-order valence-electron chi connectivity index (χ0n) is 14.6. The molecule has 2 rings (SSSR count). The Hall–Kier alpha value is -1.38. The third kappa shape index (κ3) is 4.17. The van der Waals surface area contributed by atoms with Crippen molar-refractivity contribution < 1.29 is 18.5 Å². The minimum atomic E-state index is -0.617. The Bertz CT molecular complexity index is 663. The third-order valence-electron chi connectivity index (χ3n) is 4.24. The number of halogens is 1. The van der Waals surface area contributed by atoms with E-state index >= 15 is 0 Å². The molecule has 1 fully saturated rings. The molecule has 0 bridgehead atoms. The van der Waals surface area contributed by atoms with Gasteiger partial charge in [0.15, 0.2) is 5.12 Å². The summed E-state index contributed by atoms with van der Waals surface area (Å²) in [7, 11) is -0.617. The van der Waals surface area contributed by atoms with Gasteiger partial charge >= 0.3 is 7.12 Å². The minimum Gasteiger partial charge on any atom is -0.400 e. The Morgan fingerprint density at radius 3 is 2.46 bits per heavy atom. The van der Waals surface area contributed by atoms with Gasteiger partial charge in [-0.25, -0.2) is 4.39 Å². The van der Waals surface area contributed by atoms with Gasteiger partial charge in [0.1, 0.15) is 5.82 Å². The lowest BCUT2D eigenvalue weighted by Gasteiger charge is -2.32. The van der Waals surface area contributed by atoms with Crippen LogP contribution in [0.25, 0.3) is 6.08 Å². The second-order valence-corrected chi connectivity index (χ2v) is 7.87. The summed E-state index contributed by atoms with van der Waals surface area (Å²) in [6.45, 7) is 9.30. The molecule has 0 unspecified atom stereocenters. The maximum atomic E-state index is 13.2. The Morgan fingerprint density at radius 1 is 1.38 bits per heavy atom. The number of carbonyl (C=O) groups is 1. The van der Waals surface area contributed by atoms with Crippen molar-refractivity contribution in [2.45, 2.75) is 45.8 Å². The van der Waals surface area contributed by atoms with Crippen molar-refractivity contribution in [3.05, 3.63) is 29.2 Å². The standard InChI is InChI=1S/C16H22BFN2O3S/c1-10(21)24-9-11(6-14-13(19)7-12(18)8-20-14)17-22-15(2,3)16(4,5)23-17/h6-8H,9,19H2,1-5H3. The van der Waals surface area contributed by atoms with E-state index in [0.29, 0.717) is 11.4 Å². The lowest BCUT2D eigenvalue weighted by atomic mass is 9.78. The Morgan fingerprint density at radius 2 is 1.96 bits per heavy atom. The molecule has 1 aliphatic heterocycles. The number of aromatic nitrogens is 1. The summed E-state index contributed by atoms with van der Waals surface area (Å²) in [5.41, 5.74) is 6.19. The van der Waals surface area contributed by atoms with E-state index in [0.717, 1.165) is 23.4 Å². The normalized spacial score (nSPS) is 19.6. The van der Waals surface area contributed by atoms with Gasteiger partial charge in [0.25, 0.3) is 0 Å². The first-order valence-electron chi connectivity index (χ1n) is 7.62. The summed E-state index contributed by atoms with van der Waals surface area (Å²) in [5.74, 6) is -0.120. The highest BCUT2D eigenvalue weighted by molar-refractivity contribution is 8.13. The van der Waals surface area contributed by atoms with Crippen molar-refractivity contribution in [1.82, 2.24) is 4.98 Å². The topological polar surface area (TPSA) is 74.4 Å². The molecule has 1 aliphatic rings. The van der Waals surface area contributed by atoms with Crippen LogP contribution in [-0.4, -0.2) is 34.2 Å². The molecule has 1 aromatic rings. The number of nitrogen functional groups attached to an aromatic ring is 1. The van der Waals surface area contributed by atoms with Gasteiger partial charge in [-0.3, -0.25) is 9.78 Å². The molecule has 8 heteroatoms. The lowest BCUT2D eigenvalue weighted by Crippen LogP contribution is -2.41. The SMILES string of the molecule is CC(=O)SCC(=Cc1ncc(F)cc1N)B1OC(C)(C)C(C)(C)O1. The molecule has 0 aromatic carbocycles. The maximum Gasteiger partial charge on any atom is 0.491 e. The zero-order chi connectivity index (χ0) is 18.1. The molecule has 1 aromatic heterocycles. The third-order valence-corrected chi connectivity index (χ3v) is 5.12. The van der Waals surface area contributed by atoms with E-state index < -0.39 is 24.1 Å². The molecule has 130 valence electrons. The smallest absolute Gasteiger partial charge is 0.400 e. The number of rotatable bonds is 4. The second kappa shape index (κ2) is 6.86. The summed E-state index contributed by atoms with van der Waals surface area (Å²) >= 11 is 1.14. The molecule has 0 saturated carbocycles. The fourth-order valence-corrected chi connectivity index (χ4v) is 2.71. The molecule has 2 N–H and O–H groups in total. The summed E-state index contributed by atoms with van der Waals surface area (Å²) in [6, 6.07) is 1.21. The van der Waals surface area contributed by atoms with Crippen LogP contribution in [0, 0.1) is 5.82 Å². The van der Waals surface area contributed by atoms with Crippen LogP contribution in [0.3, 0.4) is 0 Å². The number of nitrogens with zero attached hydrogens (tertiary/aromatic N) is 1. The zero-order valence-corrected chi connectivity index (χ0v) is 15.4. The van der Waals surface area contributed by atoms with Crippen LogP contribution in [0.4, 0.5) is 10.1 Å². The van der Waals surface area contributed by atoms with Gasteiger partial charge in [0, 0.05) is 18.7 Å². The number of hydrogen-bond acceptors (Lipinski definition) is 6. The van der Waals surface area contributed by atoms with Gasteiger partial charge in [-0.15, -0.1) is 0 Å². The molecule has 0 atom stereocenters. The van der Waals surface area contributed by atoms with E-state index in [-0.39, 0.29) is 10.8 Å². The Kier molecular flexibility index (Phi) is 5.42. The monoisotopic (exact) mass is 352 g/mol. The number of nitrogens with two attached hydrogens (primary N) is 1. The van der Waals surface area contributed by atoms with Crippen molar-refractivity contribution in [3.63, 3.8) is 0 Å². The summed E-state index contributed by atoms with van der Waals surface area (Å²) < 4.78 is 25.3. The molecule has 5 nitrogen and oxygen atoms in total. The number of anilines is 1. The predicted molar refractivity (Wildman–Crippen MR) is 95.8 cm³/mol. The average Bonchev–Trinajstić information content (AvgIpc) is 2.65. The predicted octanol–water partition coefficient (Wildman–Crippen LogP) is 3.10. The molecule has 0 radical (unpaired) electrons. The highest BCUT2D eigenvalue weighted by atomic mass is 32.2. The molecule has 0 spiro atoms. The van der Waals surface area contributed by atoms with Gasteiger partial charge in [-0.2, -0.15) is 0 Å². The molecule has 24 heavy (non-hydrogen) atoms. The van der Waals surface area contributed by atoms with Crippen LogP contribution in [0.2, 0.25) is 0 Å². The second-order valence-electron chi connectivity index (χ2n) is 6.72. The van der Waals surface area contributed by atoms with Gasteiger partial charge < -0.3 is 15.0 Å². The van der Waals surface area contributed by atoms with Crippen LogP contribution < -0.4 is 5.73 Å². The van der Waals surface area contributed by atoms with Gasteiger partial charge in [0.05, 0.1) is 28.8 Å². The number of pyridine rings is 1. The first-order chi connectivity index (χ1) is 11.0. The Balaban J connectivity index is 2.35. The average molecular weight is 352 g/mol. The highest BCUT2D eigenvalue weighted by Gasteiger charge is 2.52. The summed E-state index contributed by atoms with van der Waals surface area (Å²) in [5, 5.41) is -0.0162. The lowest BCUT2D eigenvalue weighted by molar-refractivity contribution is -0.109. The van der Waals surface area contributed by atoms with Crippen molar-refractivity contribution in [2.75, 3.05) is 11.5 Å². The number of hydrogen-bond donors (Lipinski definition) is 1. The molecule has 0 aliphatic carbocycles. The van der Waals surface area contributed by atoms with Crippen molar-refractivity contribution in [1.29, 1.82) is 0 Å². The van der Waals surface area contributed by atoms with Crippen LogP contribution in [-0.2, 0) is 14.1 Å². The molecular weight excluding hydrogens is 330 g/mol. The first-order valence-corrected chi connectivity index (χ1v) is 8.61. The largest absolute Gasteiger partial charge is 0.491 e. The summed E-state index contributed by atoms with van der Waals surface area (Å²) in [4.78, 5) is 15.4. The van der Waals surface area contributed by atoms with Gasteiger partial charge in [-0.1, -0.05) is 11.8 Å². The number of thioether (sulfide) groups is 1. The highest BCUT2D eigenvalue weighted by Crippen LogP contribution is 2.39. The van der Waals surface area contributed by atoms with Crippen LogP contribution >= 0.6 is 11.8 Å². The molecule has 2 heterocycles. The quantitative estimate of drug-likeness (QED) is 0.840. The maximum absolute atomic E-state index is 13.2. The fraction of sp³-hybridized carbons (Fsp3) is 0.500. The fourth-order valence-electron chi connectivity index (χ4n) is 2.12. The van der Waals surface area contributed by atoms with Gasteiger partial charge in [-0.05, 0) is 39.2 Å². The van der Waals surface area contributed by atoms with E-state index in [1.54, 1.807) is 6.08 Å². The first kappa shape index (κ1) is 19.0. The minimum absolute atomic E-state index is 0.0162. The van der Waals surface area contributed by atoms with E-state index in [1.807, 2.05) is 27.7 Å². The van der Waals surface area contributed by atoms with Crippen LogP contribution in [0.1, 0.15) is 40.3 Å². The van der Waals surface area contributed by atoms with Crippen molar-refractivity contribution in [3.8, 4) is 0 Å². The summed E-state index contributed by atoms with van der Waals surface area (Å²) in [6.07, 6.45) is 2.80. The van der Waals surface area contributed by atoms with Gasteiger partial charge in [0.2, 0.25) is 0 Å². The molecule has 1 saturated heterocycles. The van der Waals surface area contributed by atoms with E-state index in [2.05, 4.69) is 4.98 Å². The van der Waals surface area contributed by atoms with Crippen molar-refractivity contribution >= 4 is 35.8 Å². The number of carbonyl (C=O) groups excluding carboxylic acids is 1. The van der Waals surface area contributed by atoms with Crippen molar-refractivity contribution in [2.24, 2.45) is 0 Å². The molecule has 0 amide bonds. The van der Waals surface area contributed by atoms with E-state index in [1.165, 1.54) is 13.0 Å². The Labute approximate surface area is 146 Å².